The van der Waals surface area contributed by atoms with Gasteiger partial charge in [-0.1, -0.05) is 23.2 Å². The van der Waals surface area contributed by atoms with Gasteiger partial charge in [0.05, 0.1) is 31.1 Å². The lowest BCUT2D eigenvalue weighted by molar-refractivity contribution is -0.384. The zero-order chi connectivity index (χ0) is 21.8. The number of hydrogen-bond donors (Lipinski definition) is 2. The molecule has 0 saturated heterocycles. The van der Waals surface area contributed by atoms with Gasteiger partial charge in [-0.15, -0.1) is 0 Å². The summed E-state index contributed by atoms with van der Waals surface area (Å²) in [5, 5.41) is 13.0. The predicted molar refractivity (Wildman–Crippen MR) is 105 cm³/mol. The zero-order valence-corrected chi connectivity index (χ0v) is 17.0. The SMILES string of the molecule is CNS(=O)(=O)c1ccc(Cl)c(C(=O)OCC(=O)Nc2cc([N+](=O)[O-])ccc2Cl)c1. The fourth-order valence-electron chi connectivity index (χ4n) is 2.06. The number of ether oxygens (including phenoxy) is 1. The molecule has 0 aliphatic carbocycles. The number of nitrogens with zero attached hydrogens (tertiary/aromatic N) is 1. The number of benzene rings is 2. The van der Waals surface area contributed by atoms with Crippen LogP contribution >= 0.6 is 23.2 Å². The third kappa shape index (κ3) is 5.64. The van der Waals surface area contributed by atoms with Crippen LogP contribution in [0.25, 0.3) is 0 Å². The van der Waals surface area contributed by atoms with Crippen molar-refractivity contribution in [1.82, 2.24) is 4.72 Å². The van der Waals surface area contributed by atoms with Gasteiger partial charge in [0.1, 0.15) is 0 Å². The minimum atomic E-state index is -3.82. The highest BCUT2D eigenvalue weighted by molar-refractivity contribution is 7.89. The quantitative estimate of drug-likeness (QED) is 0.366. The monoisotopic (exact) mass is 461 g/mol. The lowest BCUT2D eigenvalue weighted by Gasteiger charge is -2.10. The second kappa shape index (κ2) is 9.18. The van der Waals surface area contributed by atoms with Gasteiger partial charge in [-0.25, -0.2) is 17.9 Å². The Morgan fingerprint density at radius 1 is 1.14 bits per heavy atom. The standard InChI is InChI=1S/C16H13Cl2N3O7S/c1-19-29(26,27)10-3-5-12(17)11(7-10)16(23)28-8-15(22)20-14-6-9(21(24)25)2-4-13(14)18/h2-7,19H,8H2,1H3,(H,20,22). The second-order valence-electron chi connectivity index (χ2n) is 5.39. The van der Waals surface area contributed by atoms with Crippen LogP contribution in [0.2, 0.25) is 10.0 Å². The van der Waals surface area contributed by atoms with Crippen LogP contribution in [0.5, 0.6) is 0 Å². The van der Waals surface area contributed by atoms with E-state index in [1.165, 1.54) is 25.2 Å². The van der Waals surface area contributed by atoms with E-state index in [0.29, 0.717) is 0 Å². The van der Waals surface area contributed by atoms with Crippen molar-refractivity contribution in [3.05, 3.63) is 62.1 Å². The first-order chi connectivity index (χ1) is 13.5. The van der Waals surface area contributed by atoms with Crippen molar-refractivity contribution in [3.63, 3.8) is 0 Å². The maximum atomic E-state index is 12.2. The van der Waals surface area contributed by atoms with Gasteiger partial charge in [0.25, 0.3) is 11.6 Å². The van der Waals surface area contributed by atoms with E-state index in [0.717, 1.165) is 18.2 Å². The first-order valence-electron chi connectivity index (χ1n) is 7.69. The third-order valence-electron chi connectivity index (χ3n) is 3.51. The van der Waals surface area contributed by atoms with Crippen LogP contribution in [0.1, 0.15) is 10.4 Å². The number of sulfonamides is 1. The number of nitro groups is 1. The van der Waals surface area contributed by atoms with E-state index in [1.807, 2.05) is 0 Å². The molecule has 0 unspecified atom stereocenters. The normalized spacial score (nSPS) is 11.0. The fourth-order valence-corrected chi connectivity index (χ4v) is 3.18. The largest absolute Gasteiger partial charge is 0.452 e. The van der Waals surface area contributed by atoms with Crippen LogP contribution in [0, 0.1) is 10.1 Å². The van der Waals surface area contributed by atoms with Gasteiger partial charge in [0, 0.05) is 12.1 Å². The van der Waals surface area contributed by atoms with Crippen molar-refractivity contribution < 1.29 is 27.7 Å². The zero-order valence-electron chi connectivity index (χ0n) is 14.6. The summed E-state index contributed by atoms with van der Waals surface area (Å²) in [5.41, 5.74) is -0.595. The fraction of sp³-hybridized carbons (Fsp3) is 0.125. The van der Waals surface area contributed by atoms with Gasteiger partial charge in [0.15, 0.2) is 6.61 Å². The van der Waals surface area contributed by atoms with E-state index in [2.05, 4.69) is 10.0 Å². The summed E-state index contributed by atoms with van der Waals surface area (Å²) in [7, 11) is -2.62. The summed E-state index contributed by atoms with van der Waals surface area (Å²) >= 11 is 11.8. The molecule has 29 heavy (non-hydrogen) atoms. The number of amides is 1. The molecule has 10 nitrogen and oxygen atoms in total. The molecular weight excluding hydrogens is 449 g/mol. The number of esters is 1. The molecular formula is C16H13Cl2N3O7S. The van der Waals surface area contributed by atoms with Crippen LogP contribution in [-0.4, -0.2) is 38.9 Å². The van der Waals surface area contributed by atoms with E-state index < -0.39 is 33.4 Å². The highest BCUT2D eigenvalue weighted by Gasteiger charge is 2.20. The van der Waals surface area contributed by atoms with Crippen molar-refractivity contribution in [3.8, 4) is 0 Å². The van der Waals surface area contributed by atoms with Gasteiger partial charge in [-0.2, -0.15) is 0 Å². The minimum absolute atomic E-state index is 0.0398. The molecule has 0 aliphatic rings. The number of carbonyl (C=O) groups excluding carboxylic acids is 2. The molecule has 0 fully saturated rings. The molecule has 0 aromatic heterocycles. The first-order valence-corrected chi connectivity index (χ1v) is 9.93. The average Bonchev–Trinajstić information content (AvgIpc) is 2.67. The minimum Gasteiger partial charge on any atom is -0.452 e. The molecule has 0 spiro atoms. The van der Waals surface area contributed by atoms with Gasteiger partial charge >= 0.3 is 5.97 Å². The maximum Gasteiger partial charge on any atom is 0.340 e. The Morgan fingerprint density at radius 3 is 2.41 bits per heavy atom. The topological polar surface area (TPSA) is 145 Å². The Labute approximate surface area is 175 Å². The van der Waals surface area contributed by atoms with Crippen LogP contribution < -0.4 is 10.0 Å². The number of nitro benzene ring substituents is 1. The number of nitrogens with one attached hydrogen (secondary N) is 2. The lowest BCUT2D eigenvalue weighted by Crippen LogP contribution is -2.22. The Hall–Kier alpha value is -2.73. The molecule has 0 aliphatic heterocycles. The molecule has 2 rings (SSSR count). The van der Waals surface area contributed by atoms with Crippen molar-refractivity contribution >= 4 is 56.5 Å². The molecule has 0 saturated carbocycles. The van der Waals surface area contributed by atoms with E-state index in [9.17, 15) is 28.1 Å². The molecule has 154 valence electrons. The van der Waals surface area contributed by atoms with Crippen LogP contribution in [0.4, 0.5) is 11.4 Å². The molecule has 1 amide bonds. The number of carbonyl (C=O) groups is 2. The Balaban J connectivity index is 2.10. The van der Waals surface area contributed by atoms with E-state index in [4.69, 9.17) is 27.9 Å². The van der Waals surface area contributed by atoms with E-state index in [-0.39, 0.29) is 31.9 Å². The number of anilines is 1. The summed E-state index contributed by atoms with van der Waals surface area (Å²) in [6.07, 6.45) is 0. The number of non-ortho nitro benzene ring substituents is 1. The number of halogens is 2. The summed E-state index contributed by atoms with van der Waals surface area (Å²) < 4.78 is 30.6. The molecule has 13 heteroatoms. The van der Waals surface area contributed by atoms with Crippen molar-refractivity contribution in [2.45, 2.75) is 4.90 Å². The summed E-state index contributed by atoms with van der Waals surface area (Å²) in [4.78, 5) is 34.1. The van der Waals surface area contributed by atoms with Gasteiger partial charge in [0.2, 0.25) is 10.0 Å². The molecule has 2 aromatic rings. The molecule has 0 bridgehead atoms. The van der Waals surface area contributed by atoms with Crippen molar-refractivity contribution in [2.75, 3.05) is 19.0 Å². The van der Waals surface area contributed by atoms with E-state index in [1.54, 1.807) is 0 Å². The van der Waals surface area contributed by atoms with Crippen LogP contribution in [-0.2, 0) is 19.6 Å². The van der Waals surface area contributed by atoms with Gasteiger partial charge < -0.3 is 10.1 Å². The molecule has 2 aromatic carbocycles. The third-order valence-corrected chi connectivity index (χ3v) is 5.58. The molecule has 0 atom stereocenters. The predicted octanol–water partition coefficient (Wildman–Crippen LogP) is 2.61. The first kappa shape index (κ1) is 22.6. The van der Waals surface area contributed by atoms with Crippen molar-refractivity contribution in [2.24, 2.45) is 0 Å². The smallest absolute Gasteiger partial charge is 0.340 e. The number of hydrogen-bond acceptors (Lipinski definition) is 7. The van der Waals surface area contributed by atoms with Crippen LogP contribution in [0.3, 0.4) is 0 Å². The Bertz CT molecular complexity index is 1090. The van der Waals surface area contributed by atoms with Gasteiger partial charge in [-0.3, -0.25) is 14.9 Å². The van der Waals surface area contributed by atoms with Crippen molar-refractivity contribution in [1.29, 1.82) is 0 Å². The number of rotatable bonds is 7. The lowest BCUT2D eigenvalue weighted by atomic mass is 10.2. The highest BCUT2D eigenvalue weighted by Crippen LogP contribution is 2.26. The molecule has 0 heterocycles. The Morgan fingerprint density at radius 2 is 1.79 bits per heavy atom. The van der Waals surface area contributed by atoms with E-state index >= 15 is 0 Å². The molecule has 0 radical (unpaired) electrons. The van der Waals surface area contributed by atoms with Crippen LogP contribution in [0.15, 0.2) is 41.3 Å². The second-order valence-corrected chi connectivity index (χ2v) is 8.10. The molecule has 2 N–H and O–H groups in total. The Kier molecular flexibility index (Phi) is 7.14. The summed E-state index contributed by atoms with van der Waals surface area (Å²) in [5.74, 6) is -1.86. The summed E-state index contributed by atoms with van der Waals surface area (Å²) in [6, 6.07) is 6.84. The average molecular weight is 462 g/mol. The maximum absolute atomic E-state index is 12.2. The highest BCUT2D eigenvalue weighted by atomic mass is 35.5. The summed E-state index contributed by atoms with van der Waals surface area (Å²) in [6.45, 7) is -0.767. The van der Waals surface area contributed by atoms with Gasteiger partial charge in [-0.05, 0) is 31.3 Å².